The van der Waals surface area contributed by atoms with Crippen molar-refractivity contribution in [2.24, 2.45) is 0 Å². The summed E-state index contributed by atoms with van der Waals surface area (Å²) < 4.78 is 1.12. The Morgan fingerprint density at radius 1 is 0.852 bits per heavy atom. The van der Waals surface area contributed by atoms with E-state index in [1.807, 2.05) is 0 Å². The van der Waals surface area contributed by atoms with Crippen LogP contribution in [0.2, 0.25) is 0 Å². The van der Waals surface area contributed by atoms with Gasteiger partial charge in [-0.05, 0) is 63.6 Å². The lowest BCUT2D eigenvalue weighted by atomic mass is 9.74. The van der Waals surface area contributed by atoms with Crippen LogP contribution in [0.4, 0.5) is 0 Å². The van der Waals surface area contributed by atoms with Crippen molar-refractivity contribution in [2.45, 2.75) is 45.4 Å². The highest BCUT2D eigenvalue weighted by molar-refractivity contribution is 9.10. The van der Waals surface area contributed by atoms with Crippen molar-refractivity contribution in [1.29, 1.82) is 0 Å². The van der Waals surface area contributed by atoms with Crippen LogP contribution in [0.5, 0.6) is 0 Å². The molecule has 0 unspecified atom stereocenters. The SMILES string of the molecule is CC(C)(C)c1cccc2c1C(C)(C)c1cc3[nH]c4ccc(Br)cc4c3cc1-2. The largest absolute Gasteiger partial charge is 0.355 e. The number of fused-ring (bicyclic) bond motifs is 6. The summed E-state index contributed by atoms with van der Waals surface area (Å²) in [7, 11) is 0. The third-order valence-electron chi connectivity index (χ3n) is 6.16. The molecule has 136 valence electrons. The molecule has 1 aromatic heterocycles. The molecule has 0 bridgehead atoms. The first-order chi connectivity index (χ1) is 12.7. The van der Waals surface area contributed by atoms with E-state index in [0.29, 0.717) is 0 Å². The Balaban J connectivity index is 1.89. The van der Waals surface area contributed by atoms with Crippen LogP contribution < -0.4 is 0 Å². The van der Waals surface area contributed by atoms with E-state index in [0.717, 1.165) is 4.47 Å². The summed E-state index contributed by atoms with van der Waals surface area (Å²) in [6.45, 7) is 11.7. The number of aromatic nitrogens is 1. The molecule has 0 saturated carbocycles. The second-order valence-corrected chi connectivity index (χ2v) is 10.3. The number of aromatic amines is 1. The molecule has 1 N–H and O–H groups in total. The predicted octanol–water partition coefficient (Wildman–Crippen LogP) is 7.69. The molecule has 0 radical (unpaired) electrons. The minimum Gasteiger partial charge on any atom is -0.355 e. The maximum atomic E-state index is 3.63. The van der Waals surface area contributed by atoms with E-state index in [2.05, 4.69) is 104 Å². The minimum absolute atomic E-state index is 0.000603. The molecule has 0 spiro atoms. The van der Waals surface area contributed by atoms with Crippen molar-refractivity contribution in [3.8, 4) is 11.1 Å². The Bertz CT molecular complexity index is 1230. The first-order valence-electron chi connectivity index (χ1n) is 9.58. The number of hydrogen-bond donors (Lipinski definition) is 1. The molecule has 0 atom stereocenters. The summed E-state index contributed by atoms with van der Waals surface area (Å²) in [5, 5.41) is 2.58. The normalized spacial score (nSPS) is 15.3. The summed E-state index contributed by atoms with van der Waals surface area (Å²) in [6, 6.07) is 18.1. The van der Waals surface area contributed by atoms with Gasteiger partial charge in [0, 0.05) is 31.7 Å². The zero-order valence-corrected chi connectivity index (χ0v) is 18.1. The number of halogens is 1. The van der Waals surface area contributed by atoms with E-state index >= 15 is 0 Å². The van der Waals surface area contributed by atoms with Gasteiger partial charge in [-0.15, -0.1) is 0 Å². The topological polar surface area (TPSA) is 15.8 Å². The van der Waals surface area contributed by atoms with Crippen molar-refractivity contribution >= 4 is 37.7 Å². The molecule has 1 heterocycles. The summed E-state index contributed by atoms with van der Waals surface area (Å²) in [5.41, 5.74) is 9.70. The van der Waals surface area contributed by atoms with Gasteiger partial charge >= 0.3 is 0 Å². The molecule has 1 aliphatic carbocycles. The van der Waals surface area contributed by atoms with Gasteiger partial charge in [-0.1, -0.05) is 68.7 Å². The van der Waals surface area contributed by atoms with Gasteiger partial charge in [0.05, 0.1) is 0 Å². The molecule has 0 amide bonds. The van der Waals surface area contributed by atoms with E-state index in [1.54, 1.807) is 0 Å². The predicted molar refractivity (Wildman–Crippen MR) is 120 cm³/mol. The van der Waals surface area contributed by atoms with Crippen molar-refractivity contribution in [3.63, 3.8) is 0 Å². The summed E-state index contributed by atoms with van der Waals surface area (Å²) in [5.74, 6) is 0. The Kier molecular flexibility index (Phi) is 3.32. The van der Waals surface area contributed by atoms with Crippen LogP contribution in [-0.4, -0.2) is 4.98 Å². The molecule has 1 nitrogen and oxygen atoms in total. The zero-order valence-electron chi connectivity index (χ0n) is 16.5. The highest BCUT2D eigenvalue weighted by Gasteiger charge is 2.39. The quantitative estimate of drug-likeness (QED) is 0.301. The highest BCUT2D eigenvalue weighted by Crippen LogP contribution is 2.53. The summed E-state index contributed by atoms with van der Waals surface area (Å²) >= 11 is 3.63. The molecule has 0 saturated heterocycles. The Hall–Kier alpha value is -2.06. The number of nitrogens with one attached hydrogen (secondary N) is 1. The number of hydrogen-bond acceptors (Lipinski definition) is 0. The molecular weight excluding hydrogens is 394 g/mol. The number of rotatable bonds is 0. The molecule has 0 aliphatic heterocycles. The number of H-pyrrole nitrogens is 1. The van der Waals surface area contributed by atoms with Crippen LogP contribution in [0.25, 0.3) is 32.9 Å². The molecule has 5 rings (SSSR count). The van der Waals surface area contributed by atoms with E-state index in [4.69, 9.17) is 0 Å². The van der Waals surface area contributed by atoms with E-state index in [-0.39, 0.29) is 10.8 Å². The van der Waals surface area contributed by atoms with Crippen LogP contribution in [-0.2, 0) is 10.8 Å². The lowest BCUT2D eigenvalue weighted by Crippen LogP contribution is -2.23. The first kappa shape index (κ1) is 17.1. The van der Waals surface area contributed by atoms with Gasteiger partial charge in [0.15, 0.2) is 0 Å². The number of benzene rings is 3. The van der Waals surface area contributed by atoms with Gasteiger partial charge < -0.3 is 4.98 Å². The van der Waals surface area contributed by atoms with Crippen LogP contribution in [0.15, 0.2) is 53.0 Å². The van der Waals surface area contributed by atoms with E-state index in [1.165, 1.54) is 49.6 Å². The molecule has 27 heavy (non-hydrogen) atoms. The lowest BCUT2D eigenvalue weighted by Gasteiger charge is -2.30. The van der Waals surface area contributed by atoms with E-state index in [9.17, 15) is 0 Å². The first-order valence-corrected chi connectivity index (χ1v) is 10.4. The van der Waals surface area contributed by atoms with Gasteiger partial charge in [-0.3, -0.25) is 0 Å². The summed E-state index contributed by atoms with van der Waals surface area (Å²) in [6.07, 6.45) is 0. The molecule has 0 fully saturated rings. The van der Waals surface area contributed by atoms with Crippen LogP contribution >= 0.6 is 15.9 Å². The fourth-order valence-corrected chi connectivity index (χ4v) is 5.23. The third kappa shape index (κ3) is 2.29. The summed E-state index contributed by atoms with van der Waals surface area (Å²) in [4.78, 5) is 3.62. The Morgan fingerprint density at radius 2 is 1.59 bits per heavy atom. The van der Waals surface area contributed by atoms with Crippen LogP contribution in [0.3, 0.4) is 0 Å². The maximum absolute atomic E-state index is 3.63. The van der Waals surface area contributed by atoms with Gasteiger partial charge in [0.25, 0.3) is 0 Å². The zero-order chi connectivity index (χ0) is 19.1. The second kappa shape index (κ2) is 5.26. The lowest BCUT2D eigenvalue weighted by molar-refractivity contribution is 0.557. The second-order valence-electron chi connectivity index (χ2n) is 9.36. The van der Waals surface area contributed by atoms with Crippen LogP contribution in [0.1, 0.15) is 51.3 Å². The molecule has 2 heteroatoms. The molecule has 1 aliphatic rings. The van der Waals surface area contributed by atoms with Crippen molar-refractivity contribution in [2.75, 3.05) is 0 Å². The van der Waals surface area contributed by atoms with Gasteiger partial charge in [-0.2, -0.15) is 0 Å². The standard InChI is InChI=1S/C25H24BrN/c1-24(2,3)19-8-6-7-15-16-12-18-17-11-14(26)9-10-21(17)27-22(18)13-20(16)25(4,5)23(15)19/h6-13,27H,1-5H3. The van der Waals surface area contributed by atoms with Gasteiger partial charge in [-0.25, -0.2) is 0 Å². The fraction of sp³-hybridized carbons (Fsp3) is 0.280. The Morgan fingerprint density at radius 3 is 2.33 bits per heavy atom. The third-order valence-corrected chi connectivity index (χ3v) is 6.65. The minimum atomic E-state index is 0.000603. The molecule has 3 aromatic carbocycles. The van der Waals surface area contributed by atoms with Crippen LogP contribution in [0, 0.1) is 0 Å². The Labute approximate surface area is 168 Å². The maximum Gasteiger partial charge on any atom is 0.0468 e. The van der Waals surface area contributed by atoms with Crippen molar-refractivity contribution in [1.82, 2.24) is 4.98 Å². The average molecular weight is 418 g/mol. The van der Waals surface area contributed by atoms with Gasteiger partial charge in [0.2, 0.25) is 0 Å². The van der Waals surface area contributed by atoms with Gasteiger partial charge in [0.1, 0.15) is 0 Å². The highest BCUT2D eigenvalue weighted by atomic mass is 79.9. The average Bonchev–Trinajstić information content (AvgIpc) is 3.06. The monoisotopic (exact) mass is 417 g/mol. The molecular formula is C25H24BrN. The smallest absolute Gasteiger partial charge is 0.0468 e. The van der Waals surface area contributed by atoms with E-state index < -0.39 is 0 Å². The molecule has 4 aromatic rings. The fourth-order valence-electron chi connectivity index (χ4n) is 4.87. The van der Waals surface area contributed by atoms with Crippen molar-refractivity contribution in [3.05, 3.63) is 69.7 Å². The van der Waals surface area contributed by atoms with Crippen molar-refractivity contribution < 1.29 is 0 Å².